The summed E-state index contributed by atoms with van der Waals surface area (Å²) in [5.41, 5.74) is 0.363. The average Bonchev–Trinajstić information content (AvgIpc) is 2.58. The molecular formula is C15H15F3N4O3. The number of nitro groups is 1. The zero-order chi connectivity index (χ0) is 18.6. The molecule has 1 fully saturated rings. The van der Waals surface area contributed by atoms with Crippen molar-refractivity contribution < 1.29 is 22.9 Å². The molecule has 7 nitrogen and oxygen atoms in total. The Labute approximate surface area is 141 Å². The molecule has 0 aliphatic carbocycles. The Morgan fingerprint density at radius 2 is 2.04 bits per heavy atom. The average molecular weight is 356 g/mol. The van der Waals surface area contributed by atoms with Crippen LogP contribution in [0.1, 0.15) is 18.4 Å². The summed E-state index contributed by atoms with van der Waals surface area (Å²) in [4.78, 5) is 22.1. The number of amides is 1. The molecule has 10 heteroatoms. The van der Waals surface area contributed by atoms with Crippen LogP contribution in [0.3, 0.4) is 0 Å². The van der Waals surface area contributed by atoms with Crippen LogP contribution in [-0.2, 0) is 4.79 Å². The van der Waals surface area contributed by atoms with Crippen LogP contribution in [-0.4, -0.2) is 41.5 Å². The largest absolute Gasteiger partial charge is 0.471 e. The molecule has 1 aliphatic heterocycles. The number of carbonyl (C=O) groups excluding carboxylic acids is 1. The third-order valence-corrected chi connectivity index (χ3v) is 4.06. The van der Waals surface area contributed by atoms with Crippen LogP contribution in [0.15, 0.2) is 18.2 Å². The summed E-state index contributed by atoms with van der Waals surface area (Å²) in [7, 11) is 0. The van der Waals surface area contributed by atoms with E-state index in [-0.39, 0.29) is 30.3 Å². The Morgan fingerprint density at radius 1 is 1.40 bits per heavy atom. The number of piperidine rings is 1. The quantitative estimate of drug-likeness (QED) is 0.660. The summed E-state index contributed by atoms with van der Waals surface area (Å²) in [6, 6.07) is 5.73. The maximum Gasteiger partial charge on any atom is 0.471 e. The second-order valence-electron chi connectivity index (χ2n) is 5.71. The predicted octanol–water partition coefficient (Wildman–Crippen LogP) is 2.68. The smallest absolute Gasteiger partial charge is 0.384 e. The summed E-state index contributed by atoms with van der Waals surface area (Å²) in [5.74, 6) is -1.78. The zero-order valence-electron chi connectivity index (χ0n) is 13.0. The number of benzene rings is 1. The first-order valence-corrected chi connectivity index (χ1v) is 7.51. The van der Waals surface area contributed by atoms with E-state index in [1.165, 1.54) is 12.1 Å². The number of anilines is 1. The minimum atomic E-state index is -4.86. The first-order valence-electron chi connectivity index (χ1n) is 7.51. The van der Waals surface area contributed by atoms with Gasteiger partial charge in [0.15, 0.2) is 0 Å². The van der Waals surface area contributed by atoms with E-state index in [9.17, 15) is 28.1 Å². The maximum atomic E-state index is 12.4. The van der Waals surface area contributed by atoms with Gasteiger partial charge < -0.3 is 10.2 Å². The van der Waals surface area contributed by atoms with Gasteiger partial charge in [-0.3, -0.25) is 14.9 Å². The van der Waals surface area contributed by atoms with Crippen LogP contribution < -0.4 is 5.32 Å². The van der Waals surface area contributed by atoms with Gasteiger partial charge in [-0.05, 0) is 24.8 Å². The lowest BCUT2D eigenvalue weighted by Gasteiger charge is -2.32. The highest BCUT2D eigenvalue weighted by molar-refractivity contribution is 5.81. The Morgan fingerprint density at radius 3 is 2.56 bits per heavy atom. The SMILES string of the molecule is N#Cc1cc([N+](=O)[O-])ccc1NCC1CCN(C(=O)C(F)(F)F)CC1. The number of nitrogens with zero attached hydrogens (tertiary/aromatic N) is 3. The monoisotopic (exact) mass is 356 g/mol. The molecule has 1 amide bonds. The van der Waals surface area contributed by atoms with Crippen molar-refractivity contribution in [1.82, 2.24) is 4.90 Å². The Kier molecular flexibility index (Phi) is 5.46. The highest BCUT2D eigenvalue weighted by Gasteiger charge is 2.43. The minimum absolute atomic E-state index is 0.0239. The lowest BCUT2D eigenvalue weighted by atomic mass is 9.96. The Hall–Kier alpha value is -2.83. The van der Waals surface area contributed by atoms with E-state index in [1.54, 1.807) is 0 Å². The van der Waals surface area contributed by atoms with Crippen LogP contribution >= 0.6 is 0 Å². The van der Waals surface area contributed by atoms with E-state index in [0.717, 1.165) is 11.0 Å². The first-order chi connectivity index (χ1) is 11.7. The van der Waals surface area contributed by atoms with Gasteiger partial charge in [0.05, 0.1) is 16.2 Å². The number of alkyl halides is 3. The van der Waals surface area contributed by atoms with Crippen molar-refractivity contribution in [1.29, 1.82) is 5.26 Å². The summed E-state index contributed by atoms with van der Waals surface area (Å²) >= 11 is 0. The molecule has 1 N–H and O–H groups in total. The van der Waals surface area contributed by atoms with Crippen LogP contribution in [0.25, 0.3) is 0 Å². The van der Waals surface area contributed by atoms with Crippen molar-refractivity contribution in [3.8, 4) is 6.07 Å². The molecule has 0 saturated carbocycles. The second kappa shape index (κ2) is 7.38. The van der Waals surface area contributed by atoms with Gasteiger partial charge in [-0.15, -0.1) is 0 Å². The number of carbonyl (C=O) groups is 1. The topological polar surface area (TPSA) is 99.3 Å². The molecule has 0 aromatic heterocycles. The molecule has 0 atom stereocenters. The van der Waals surface area contributed by atoms with Crippen molar-refractivity contribution in [3.05, 3.63) is 33.9 Å². The van der Waals surface area contributed by atoms with Crippen LogP contribution in [0, 0.1) is 27.4 Å². The number of non-ortho nitro benzene ring substituents is 1. The number of rotatable bonds is 4. The number of nitriles is 1. The molecule has 0 unspecified atom stereocenters. The van der Waals surface area contributed by atoms with E-state index in [0.29, 0.717) is 25.1 Å². The molecule has 1 aliphatic rings. The molecule has 134 valence electrons. The molecule has 2 rings (SSSR count). The summed E-state index contributed by atoms with van der Waals surface area (Å²) in [6.45, 7) is 0.451. The van der Waals surface area contributed by atoms with Gasteiger partial charge in [-0.1, -0.05) is 0 Å². The van der Waals surface area contributed by atoms with Crippen LogP contribution in [0.5, 0.6) is 0 Å². The van der Waals surface area contributed by atoms with Crippen molar-refractivity contribution >= 4 is 17.3 Å². The number of hydrogen-bond donors (Lipinski definition) is 1. The number of hydrogen-bond acceptors (Lipinski definition) is 5. The third kappa shape index (κ3) is 4.59. The molecule has 0 bridgehead atoms. The second-order valence-corrected chi connectivity index (χ2v) is 5.71. The van der Waals surface area contributed by atoms with Crippen molar-refractivity contribution in [2.45, 2.75) is 19.0 Å². The number of likely N-dealkylation sites (tertiary alicyclic amines) is 1. The van der Waals surface area contributed by atoms with E-state index >= 15 is 0 Å². The van der Waals surface area contributed by atoms with E-state index < -0.39 is 17.0 Å². The highest BCUT2D eigenvalue weighted by Crippen LogP contribution is 2.25. The van der Waals surface area contributed by atoms with Gasteiger partial charge in [-0.25, -0.2) is 0 Å². The van der Waals surface area contributed by atoms with Gasteiger partial charge in [0.25, 0.3) is 5.69 Å². The molecular weight excluding hydrogens is 341 g/mol. The Bertz CT molecular complexity index is 707. The van der Waals surface area contributed by atoms with E-state index in [2.05, 4.69) is 5.32 Å². The molecule has 1 aromatic carbocycles. The highest BCUT2D eigenvalue weighted by atomic mass is 19.4. The molecule has 1 heterocycles. The van der Waals surface area contributed by atoms with Crippen molar-refractivity contribution in [2.24, 2.45) is 5.92 Å². The summed E-state index contributed by atoms with van der Waals surface area (Å²) in [6.07, 6.45) is -4.04. The molecule has 0 radical (unpaired) electrons. The van der Waals surface area contributed by atoms with Gasteiger partial charge in [0.2, 0.25) is 0 Å². The summed E-state index contributed by atoms with van der Waals surface area (Å²) < 4.78 is 37.2. The fraction of sp³-hybridized carbons (Fsp3) is 0.467. The maximum absolute atomic E-state index is 12.4. The number of nitrogens with one attached hydrogen (secondary N) is 1. The fourth-order valence-corrected chi connectivity index (χ4v) is 2.67. The molecule has 0 spiro atoms. The molecule has 1 aromatic rings. The molecule has 1 saturated heterocycles. The van der Waals surface area contributed by atoms with Gasteiger partial charge >= 0.3 is 12.1 Å². The lowest BCUT2D eigenvalue weighted by molar-refractivity contribution is -0.384. The minimum Gasteiger partial charge on any atom is -0.384 e. The first kappa shape index (κ1) is 18.5. The number of halogens is 3. The fourth-order valence-electron chi connectivity index (χ4n) is 2.67. The normalized spacial score (nSPS) is 15.5. The van der Waals surface area contributed by atoms with Crippen LogP contribution in [0.2, 0.25) is 0 Å². The van der Waals surface area contributed by atoms with E-state index in [1.807, 2.05) is 6.07 Å². The van der Waals surface area contributed by atoms with Gasteiger partial charge in [0.1, 0.15) is 6.07 Å². The predicted molar refractivity (Wildman–Crippen MR) is 81.7 cm³/mol. The standard InChI is InChI=1S/C15H15F3N4O3/c16-15(17,18)14(23)21-5-3-10(4-6-21)9-20-13-2-1-12(22(24)25)7-11(13)8-19/h1-2,7,10,20H,3-6,9H2. The molecule has 25 heavy (non-hydrogen) atoms. The Balaban J connectivity index is 1.91. The van der Waals surface area contributed by atoms with Crippen molar-refractivity contribution in [3.63, 3.8) is 0 Å². The van der Waals surface area contributed by atoms with Gasteiger partial charge in [0, 0.05) is 31.8 Å². The van der Waals surface area contributed by atoms with Crippen molar-refractivity contribution in [2.75, 3.05) is 25.0 Å². The zero-order valence-corrected chi connectivity index (χ0v) is 13.0. The third-order valence-electron chi connectivity index (χ3n) is 4.06. The number of nitro benzene ring substituents is 1. The van der Waals surface area contributed by atoms with E-state index in [4.69, 9.17) is 5.26 Å². The lowest BCUT2D eigenvalue weighted by Crippen LogP contribution is -2.46. The van der Waals surface area contributed by atoms with Crippen LogP contribution in [0.4, 0.5) is 24.5 Å². The summed E-state index contributed by atoms with van der Waals surface area (Å²) in [5, 5.41) is 22.8. The van der Waals surface area contributed by atoms with Gasteiger partial charge in [-0.2, -0.15) is 18.4 Å².